The van der Waals surface area contributed by atoms with Crippen molar-refractivity contribution in [2.24, 2.45) is 5.92 Å². The average molecular weight is 292 g/mol. The van der Waals surface area contributed by atoms with E-state index in [1.54, 1.807) is 0 Å². The third-order valence-corrected chi connectivity index (χ3v) is 3.79. The van der Waals surface area contributed by atoms with Crippen LogP contribution in [0.4, 0.5) is 8.78 Å². The molecule has 0 radical (unpaired) electrons. The summed E-state index contributed by atoms with van der Waals surface area (Å²) in [5, 5.41) is 0. The molecule has 0 N–H and O–H groups in total. The van der Waals surface area contributed by atoms with Gasteiger partial charge in [0, 0.05) is 10.7 Å². The van der Waals surface area contributed by atoms with Crippen LogP contribution in [0.5, 0.6) is 0 Å². The van der Waals surface area contributed by atoms with Gasteiger partial charge in [0.1, 0.15) is 0 Å². The quantitative estimate of drug-likeness (QED) is 0.642. The van der Waals surface area contributed by atoms with E-state index in [0.717, 1.165) is 19.3 Å². The highest BCUT2D eigenvalue weighted by Crippen LogP contribution is 2.43. The van der Waals surface area contributed by atoms with Crippen molar-refractivity contribution in [1.82, 2.24) is 0 Å². The third kappa shape index (κ3) is 2.65. The van der Waals surface area contributed by atoms with E-state index in [9.17, 15) is 8.78 Å². The topological polar surface area (TPSA) is 0 Å². The van der Waals surface area contributed by atoms with Gasteiger partial charge in [0.15, 0.2) is 0 Å². The van der Waals surface area contributed by atoms with Crippen molar-refractivity contribution in [1.29, 1.82) is 0 Å². The van der Waals surface area contributed by atoms with Gasteiger partial charge in [0.25, 0.3) is 0 Å². The van der Waals surface area contributed by atoms with E-state index in [1.807, 2.05) is 0 Å². The van der Waals surface area contributed by atoms with E-state index in [4.69, 9.17) is 0 Å². The maximum absolute atomic E-state index is 12.7. The highest BCUT2D eigenvalue weighted by atomic mass is 79.9. The monoisotopic (exact) mass is 290 g/mol. The fourth-order valence-electron chi connectivity index (χ4n) is 1.45. The zero-order valence-electron chi connectivity index (χ0n) is 5.99. The molecule has 2 unspecified atom stereocenters. The molecule has 0 aromatic carbocycles. The summed E-state index contributed by atoms with van der Waals surface area (Å²) < 4.78 is 25.5. The maximum atomic E-state index is 12.7. The number of hydrogen-bond acceptors (Lipinski definition) is 0. The summed E-state index contributed by atoms with van der Waals surface area (Å²) >= 11 is 5.70. The standard InChI is InChI=1S/C7H10Br2F2/c8-6-4-2-1-3-5(6)7(9,10)11/h5-6H,1-4H2. The predicted octanol–water partition coefficient (Wildman–Crippen LogP) is 3.93. The van der Waals surface area contributed by atoms with Crippen LogP contribution in [0.25, 0.3) is 0 Å². The van der Waals surface area contributed by atoms with Gasteiger partial charge in [-0.25, -0.2) is 0 Å². The molecule has 1 saturated carbocycles. The van der Waals surface area contributed by atoms with Crippen molar-refractivity contribution < 1.29 is 8.78 Å². The van der Waals surface area contributed by atoms with Gasteiger partial charge in [-0.2, -0.15) is 8.78 Å². The first-order chi connectivity index (χ1) is 5.02. The largest absolute Gasteiger partial charge is 0.305 e. The predicted molar refractivity (Wildman–Crippen MR) is 48.5 cm³/mol. The van der Waals surface area contributed by atoms with Crippen LogP contribution < -0.4 is 0 Å². The molecule has 0 spiro atoms. The minimum absolute atomic E-state index is 0.0226. The summed E-state index contributed by atoms with van der Waals surface area (Å²) in [7, 11) is 0. The van der Waals surface area contributed by atoms with E-state index in [2.05, 4.69) is 31.9 Å². The molecule has 11 heavy (non-hydrogen) atoms. The minimum atomic E-state index is -2.69. The van der Waals surface area contributed by atoms with E-state index >= 15 is 0 Å². The van der Waals surface area contributed by atoms with Gasteiger partial charge >= 0.3 is 4.83 Å². The molecule has 0 bridgehead atoms. The van der Waals surface area contributed by atoms with Crippen molar-refractivity contribution in [3.63, 3.8) is 0 Å². The Balaban J connectivity index is 2.55. The fourth-order valence-corrected chi connectivity index (χ4v) is 3.28. The summed E-state index contributed by atoms with van der Waals surface area (Å²) in [6.07, 6.45) is 3.48. The summed E-state index contributed by atoms with van der Waals surface area (Å²) in [5.74, 6) is -0.531. The molecular formula is C7H10Br2F2. The Bertz CT molecular complexity index is 133. The van der Waals surface area contributed by atoms with Crippen LogP contribution in [-0.4, -0.2) is 9.66 Å². The molecule has 0 aromatic heterocycles. The molecule has 2 atom stereocenters. The Morgan fingerprint density at radius 3 is 2.09 bits per heavy atom. The molecule has 0 nitrogen and oxygen atoms in total. The van der Waals surface area contributed by atoms with Crippen LogP contribution in [0.2, 0.25) is 0 Å². The Morgan fingerprint density at radius 1 is 1.18 bits per heavy atom. The molecular weight excluding hydrogens is 282 g/mol. The second-order valence-electron chi connectivity index (χ2n) is 2.95. The second-order valence-corrected chi connectivity index (χ2v) is 5.18. The lowest BCUT2D eigenvalue weighted by atomic mass is 9.89. The van der Waals surface area contributed by atoms with Gasteiger partial charge in [-0.05, 0) is 28.8 Å². The lowest BCUT2D eigenvalue weighted by Crippen LogP contribution is -2.31. The van der Waals surface area contributed by atoms with Crippen molar-refractivity contribution >= 4 is 31.9 Å². The lowest BCUT2D eigenvalue weighted by Gasteiger charge is -2.30. The molecule has 0 aliphatic heterocycles. The normalized spacial score (nSPS) is 33.8. The van der Waals surface area contributed by atoms with Gasteiger partial charge < -0.3 is 0 Å². The minimum Gasteiger partial charge on any atom is -0.193 e. The van der Waals surface area contributed by atoms with Gasteiger partial charge in [-0.3, -0.25) is 0 Å². The van der Waals surface area contributed by atoms with Crippen molar-refractivity contribution in [3.8, 4) is 0 Å². The fraction of sp³-hybridized carbons (Fsp3) is 1.00. The summed E-state index contributed by atoms with van der Waals surface area (Å²) in [5.41, 5.74) is 0. The second kappa shape index (κ2) is 3.69. The van der Waals surface area contributed by atoms with Crippen LogP contribution in [-0.2, 0) is 0 Å². The van der Waals surface area contributed by atoms with E-state index < -0.39 is 10.7 Å². The van der Waals surface area contributed by atoms with Crippen molar-refractivity contribution in [2.75, 3.05) is 0 Å². The SMILES string of the molecule is FC(F)(Br)C1CCCCC1Br. The summed E-state index contributed by atoms with van der Waals surface area (Å²) in [6.45, 7) is 0. The van der Waals surface area contributed by atoms with Gasteiger partial charge in [-0.15, -0.1) is 0 Å². The van der Waals surface area contributed by atoms with Gasteiger partial charge in [0.05, 0.1) is 0 Å². The molecule has 0 saturated heterocycles. The Kier molecular flexibility index (Phi) is 3.32. The number of alkyl halides is 4. The Hall–Kier alpha value is 0.820. The molecule has 1 aliphatic rings. The van der Waals surface area contributed by atoms with E-state index in [-0.39, 0.29) is 4.83 Å². The summed E-state index contributed by atoms with van der Waals surface area (Å²) in [6, 6.07) is 0. The van der Waals surface area contributed by atoms with Crippen LogP contribution in [0.1, 0.15) is 25.7 Å². The Labute approximate surface area is 82.0 Å². The molecule has 0 amide bonds. The maximum Gasteiger partial charge on any atom is 0.305 e. The lowest BCUT2D eigenvalue weighted by molar-refractivity contribution is 0.0316. The molecule has 4 heteroatoms. The van der Waals surface area contributed by atoms with E-state index in [0.29, 0.717) is 6.42 Å². The highest BCUT2D eigenvalue weighted by Gasteiger charge is 2.41. The van der Waals surface area contributed by atoms with Crippen molar-refractivity contribution in [3.05, 3.63) is 0 Å². The molecule has 1 fully saturated rings. The number of halogens is 4. The van der Waals surface area contributed by atoms with Crippen LogP contribution in [0.3, 0.4) is 0 Å². The molecule has 1 aliphatic carbocycles. The summed E-state index contributed by atoms with van der Waals surface area (Å²) in [4.78, 5) is -2.72. The first kappa shape index (κ1) is 9.90. The molecule has 1 rings (SSSR count). The van der Waals surface area contributed by atoms with Crippen LogP contribution in [0, 0.1) is 5.92 Å². The smallest absolute Gasteiger partial charge is 0.193 e. The highest BCUT2D eigenvalue weighted by molar-refractivity contribution is 9.10. The van der Waals surface area contributed by atoms with Gasteiger partial charge in [0.2, 0.25) is 0 Å². The zero-order valence-corrected chi connectivity index (χ0v) is 9.17. The van der Waals surface area contributed by atoms with Crippen LogP contribution >= 0.6 is 31.9 Å². The number of rotatable bonds is 1. The first-order valence-corrected chi connectivity index (χ1v) is 5.43. The first-order valence-electron chi connectivity index (χ1n) is 3.72. The van der Waals surface area contributed by atoms with E-state index in [1.165, 1.54) is 0 Å². The average Bonchev–Trinajstić information content (AvgIpc) is 1.86. The molecule has 66 valence electrons. The third-order valence-electron chi connectivity index (χ3n) is 2.10. The van der Waals surface area contributed by atoms with Gasteiger partial charge in [-0.1, -0.05) is 28.8 Å². The number of hydrogen-bond donors (Lipinski definition) is 0. The Morgan fingerprint density at radius 2 is 1.73 bits per heavy atom. The van der Waals surface area contributed by atoms with Crippen LogP contribution in [0.15, 0.2) is 0 Å². The van der Waals surface area contributed by atoms with Crippen molar-refractivity contribution in [2.45, 2.75) is 35.3 Å². The molecule has 0 heterocycles. The molecule has 0 aromatic rings. The zero-order chi connectivity index (χ0) is 8.48.